The molecule has 0 radical (unpaired) electrons. The molecule has 1 aromatic heterocycles. The van der Waals surface area contributed by atoms with E-state index in [1.54, 1.807) is 18.2 Å². The molecule has 6 heteroatoms. The first-order valence-corrected chi connectivity index (χ1v) is 10.9. The van der Waals surface area contributed by atoms with Crippen LogP contribution in [-0.2, 0) is 11.2 Å². The summed E-state index contributed by atoms with van der Waals surface area (Å²) in [4.78, 5) is 24.9. The first-order valence-electron chi connectivity index (χ1n) is 10.5. The van der Waals surface area contributed by atoms with Crippen LogP contribution in [0.1, 0.15) is 79.2 Å². The number of halogens is 1. The van der Waals surface area contributed by atoms with Crippen LogP contribution in [0.25, 0.3) is 0 Å². The van der Waals surface area contributed by atoms with E-state index in [-0.39, 0.29) is 24.7 Å². The number of aromatic nitrogens is 2. The molecule has 0 atom stereocenters. The third kappa shape index (κ3) is 6.43. The molecule has 0 spiro atoms. The Bertz CT molecular complexity index is 858. The topological polar surface area (TPSA) is 64.0 Å². The highest BCUT2D eigenvalue weighted by Gasteiger charge is 2.17. The van der Waals surface area contributed by atoms with E-state index in [4.69, 9.17) is 11.6 Å². The summed E-state index contributed by atoms with van der Waals surface area (Å²) in [5.74, 6) is -0.359. The Morgan fingerprint density at radius 1 is 1.07 bits per heavy atom. The second-order valence-electron chi connectivity index (χ2n) is 7.58. The maximum atomic E-state index is 12.6. The molecule has 2 aromatic rings. The van der Waals surface area contributed by atoms with E-state index in [0.717, 1.165) is 35.4 Å². The molecule has 5 nitrogen and oxygen atoms in total. The van der Waals surface area contributed by atoms with E-state index in [1.165, 1.54) is 30.4 Å². The second kappa shape index (κ2) is 11.1. The Morgan fingerprint density at radius 2 is 1.79 bits per heavy atom. The summed E-state index contributed by atoms with van der Waals surface area (Å²) in [6.45, 7) is 7.95. The van der Waals surface area contributed by atoms with Crippen molar-refractivity contribution in [2.45, 2.75) is 79.1 Å². The molecule has 0 fully saturated rings. The Kier molecular flexibility index (Phi) is 8.90. The van der Waals surface area contributed by atoms with E-state index in [9.17, 15) is 9.59 Å². The molecule has 158 valence electrons. The fourth-order valence-electron chi connectivity index (χ4n) is 3.47. The van der Waals surface area contributed by atoms with Crippen molar-refractivity contribution < 1.29 is 9.59 Å². The summed E-state index contributed by atoms with van der Waals surface area (Å²) in [6, 6.07) is 5.37. The first-order chi connectivity index (χ1) is 13.8. The molecule has 1 amide bonds. The Labute approximate surface area is 178 Å². The van der Waals surface area contributed by atoms with Crippen molar-refractivity contribution in [2.24, 2.45) is 0 Å². The van der Waals surface area contributed by atoms with E-state index in [0.29, 0.717) is 10.7 Å². The van der Waals surface area contributed by atoms with Crippen LogP contribution >= 0.6 is 11.6 Å². The van der Waals surface area contributed by atoms with Crippen molar-refractivity contribution in [3.05, 3.63) is 45.7 Å². The standard InChI is InChI=1S/C23H32ClN3O2/c1-5-6-7-8-9-11-19-17(3)26-27(18(19)4)23(29)15-14-22(28)25-21-13-10-12-20(24)16(21)2/h10,12-13H,5-9,11,14-15H2,1-4H3,(H,25,28). The molecule has 0 saturated carbocycles. The van der Waals surface area contributed by atoms with Crippen molar-refractivity contribution in [3.63, 3.8) is 0 Å². The van der Waals surface area contributed by atoms with Gasteiger partial charge < -0.3 is 5.32 Å². The van der Waals surface area contributed by atoms with Gasteiger partial charge in [0.05, 0.1) is 5.69 Å². The molecule has 0 unspecified atom stereocenters. The molecule has 0 aliphatic rings. The van der Waals surface area contributed by atoms with Gasteiger partial charge in [-0.1, -0.05) is 50.3 Å². The largest absolute Gasteiger partial charge is 0.326 e. The number of nitrogens with zero attached hydrogens (tertiary/aromatic N) is 2. The Morgan fingerprint density at radius 3 is 2.52 bits per heavy atom. The van der Waals surface area contributed by atoms with E-state index in [1.807, 2.05) is 20.8 Å². The van der Waals surface area contributed by atoms with Gasteiger partial charge in [-0.3, -0.25) is 9.59 Å². The van der Waals surface area contributed by atoms with Crippen molar-refractivity contribution in [3.8, 4) is 0 Å². The molecule has 0 aliphatic heterocycles. The van der Waals surface area contributed by atoms with Gasteiger partial charge >= 0.3 is 0 Å². The number of nitrogens with one attached hydrogen (secondary N) is 1. The Hall–Kier alpha value is -2.14. The lowest BCUT2D eigenvalue weighted by atomic mass is 10.0. The van der Waals surface area contributed by atoms with Gasteiger partial charge in [0.15, 0.2) is 0 Å². The van der Waals surface area contributed by atoms with E-state index < -0.39 is 0 Å². The third-order valence-electron chi connectivity index (χ3n) is 5.32. The van der Waals surface area contributed by atoms with Gasteiger partial charge in [-0.25, -0.2) is 4.68 Å². The zero-order chi connectivity index (χ0) is 21.4. The molecule has 1 aromatic carbocycles. The predicted molar refractivity (Wildman–Crippen MR) is 119 cm³/mol. The highest BCUT2D eigenvalue weighted by atomic mass is 35.5. The van der Waals surface area contributed by atoms with Gasteiger partial charge in [0.1, 0.15) is 0 Å². The fraction of sp³-hybridized carbons (Fsp3) is 0.522. The van der Waals surface area contributed by atoms with Gasteiger partial charge in [0.25, 0.3) is 0 Å². The van der Waals surface area contributed by atoms with Crippen LogP contribution in [0, 0.1) is 20.8 Å². The number of anilines is 1. The molecule has 29 heavy (non-hydrogen) atoms. The number of unbranched alkanes of at least 4 members (excludes halogenated alkanes) is 4. The summed E-state index contributed by atoms with van der Waals surface area (Å²) in [6.07, 6.45) is 7.24. The number of amides is 1. The molecule has 1 N–H and O–H groups in total. The highest BCUT2D eigenvalue weighted by Crippen LogP contribution is 2.23. The zero-order valence-electron chi connectivity index (χ0n) is 18.0. The van der Waals surface area contributed by atoms with Crippen molar-refractivity contribution in [1.82, 2.24) is 9.78 Å². The van der Waals surface area contributed by atoms with Crippen LogP contribution in [0.4, 0.5) is 5.69 Å². The molecule has 2 rings (SSSR count). The zero-order valence-corrected chi connectivity index (χ0v) is 18.7. The summed E-state index contributed by atoms with van der Waals surface area (Å²) in [7, 11) is 0. The maximum Gasteiger partial charge on any atom is 0.247 e. The lowest BCUT2D eigenvalue weighted by Crippen LogP contribution is -2.19. The second-order valence-corrected chi connectivity index (χ2v) is 7.99. The highest BCUT2D eigenvalue weighted by molar-refractivity contribution is 6.31. The van der Waals surface area contributed by atoms with Crippen molar-refractivity contribution in [1.29, 1.82) is 0 Å². The van der Waals surface area contributed by atoms with Crippen LogP contribution in [0.5, 0.6) is 0 Å². The first kappa shape index (κ1) is 23.1. The lowest BCUT2D eigenvalue weighted by molar-refractivity contribution is -0.116. The summed E-state index contributed by atoms with van der Waals surface area (Å²) in [5.41, 5.74) is 4.45. The number of carbonyl (C=O) groups excluding carboxylic acids is 2. The fourth-order valence-corrected chi connectivity index (χ4v) is 3.64. The SMILES string of the molecule is CCCCCCCc1c(C)nn(C(=O)CCC(=O)Nc2cccc(Cl)c2C)c1C. The number of benzene rings is 1. The molecule has 0 saturated heterocycles. The van der Waals surface area contributed by atoms with Gasteiger partial charge in [0, 0.05) is 29.2 Å². The van der Waals surface area contributed by atoms with Gasteiger partial charge in [-0.05, 0) is 56.9 Å². The summed E-state index contributed by atoms with van der Waals surface area (Å²) in [5, 5.41) is 7.86. The number of rotatable bonds is 10. The van der Waals surface area contributed by atoms with Gasteiger partial charge in [-0.15, -0.1) is 0 Å². The number of hydrogen-bond donors (Lipinski definition) is 1. The maximum absolute atomic E-state index is 12.6. The average molecular weight is 418 g/mol. The van der Waals surface area contributed by atoms with E-state index >= 15 is 0 Å². The predicted octanol–water partition coefficient (Wildman–Crippen LogP) is 6.03. The van der Waals surface area contributed by atoms with Crippen molar-refractivity contribution >= 4 is 29.1 Å². The van der Waals surface area contributed by atoms with Gasteiger partial charge in [0.2, 0.25) is 11.8 Å². The monoisotopic (exact) mass is 417 g/mol. The summed E-state index contributed by atoms with van der Waals surface area (Å²) < 4.78 is 1.47. The summed E-state index contributed by atoms with van der Waals surface area (Å²) >= 11 is 6.08. The van der Waals surface area contributed by atoms with E-state index in [2.05, 4.69) is 17.3 Å². The lowest BCUT2D eigenvalue weighted by Gasteiger charge is -2.09. The Balaban J connectivity index is 1.91. The minimum absolute atomic E-state index is 0.107. The quantitative estimate of drug-likeness (QED) is 0.479. The minimum Gasteiger partial charge on any atom is -0.326 e. The molecule has 0 aliphatic carbocycles. The van der Waals surface area contributed by atoms with Crippen LogP contribution in [0.15, 0.2) is 18.2 Å². The number of hydrogen-bond acceptors (Lipinski definition) is 3. The van der Waals surface area contributed by atoms with Gasteiger partial charge in [-0.2, -0.15) is 5.10 Å². The average Bonchev–Trinajstić information content (AvgIpc) is 2.97. The smallest absolute Gasteiger partial charge is 0.247 e. The normalized spacial score (nSPS) is 10.9. The van der Waals surface area contributed by atoms with Crippen LogP contribution in [0.2, 0.25) is 5.02 Å². The molecular formula is C23H32ClN3O2. The van der Waals surface area contributed by atoms with Crippen LogP contribution in [-0.4, -0.2) is 21.6 Å². The number of aryl methyl sites for hydroxylation is 1. The third-order valence-corrected chi connectivity index (χ3v) is 5.72. The molecule has 0 bridgehead atoms. The molecular weight excluding hydrogens is 386 g/mol. The number of carbonyl (C=O) groups is 2. The minimum atomic E-state index is -0.207. The van der Waals surface area contributed by atoms with Crippen molar-refractivity contribution in [2.75, 3.05) is 5.32 Å². The van der Waals surface area contributed by atoms with Crippen LogP contribution in [0.3, 0.4) is 0 Å². The molecule has 1 heterocycles. The van der Waals surface area contributed by atoms with Crippen LogP contribution < -0.4 is 5.32 Å².